The number of amides is 2. The van der Waals surface area contributed by atoms with E-state index in [1.165, 1.54) is 0 Å². The summed E-state index contributed by atoms with van der Waals surface area (Å²) in [6.07, 6.45) is 2.60. The molecule has 0 aliphatic rings. The van der Waals surface area contributed by atoms with Crippen LogP contribution in [0.1, 0.15) is 22.3 Å². The van der Waals surface area contributed by atoms with Gasteiger partial charge in [-0.05, 0) is 44.5 Å². The molecule has 0 spiro atoms. The van der Waals surface area contributed by atoms with Crippen LogP contribution in [0.2, 0.25) is 0 Å². The van der Waals surface area contributed by atoms with Gasteiger partial charge in [-0.25, -0.2) is 0 Å². The number of hydrogen-bond acceptors (Lipinski definition) is 4. The highest BCUT2D eigenvalue weighted by atomic mass is 35.5. The Hall–Kier alpha value is -1.24. The van der Waals surface area contributed by atoms with Crippen LogP contribution in [0, 0.1) is 6.92 Å². The summed E-state index contributed by atoms with van der Waals surface area (Å²) in [5.74, 6) is 0.474. The van der Waals surface area contributed by atoms with Crippen molar-refractivity contribution in [2.75, 3.05) is 32.1 Å². The molecule has 2 amide bonds. The van der Waals surface area contributed by atoms with E-state index < -0.39 is 6.04 Å². The number of rotatable bonds is 9. The lowest BCUT2D eigenvalue weighted by atomic mass is 10.1. The van der Waals surface area contributed by atoms with Gasteiger partial charge < -0.3 is 16.0 Å². The molecular weight excluding hydrogens is 334 g/mol. The van der Waals surface area contributed by atoms with Crippen LogP contribution in [0.15, 0.2) is 24.3 Å². The maximum atomic E-state index is 12.3. The van der Waals surface area contributed by atoms with Crippen molar-refractivity contribution in [3.8, 4) is 0 Å². The Labute approximate surface area is 148 Å². The van der Waals surface area contributed by atoms with Crippen LogP contribution in [0.3, 0.4) is 0 Å². The SMILES string of the molecule is CNCCNC(=O)C(CCSC)NC(=O)c1cccc(C)c1.Cl. The molecule has 1 aromatic carbocycles. The summed E-state index contributed by atoms with van der Waals surface area (Å²) in [5, 5.41) is 8.64. The quantitative estimate of drug-likeness (QED) is 0.586. The Morgan fingerprint density at radius 2 is 2.00 bits per heavy atom. The number of hydrogen-bond donors (Lipinski definition) is 3. The van der Waals surface area contributed by atoms with Gasteiger partial charge in [0.25, 0.3) is 5.91 Å². The smallest absolute Gasteiger partial charge is 0.251 e. The predicted molar refractivity (Wildman–Crippen MR) is 99.6 cm³/mol. The number of likely N-dealkylation sites (N-methyl/N-ethyl adjacent to an activating group) is 1. The van der Waals surface area contributed by atoms with E-state index in [9.17, 15) is 9.59 Å². The van der Waals surface area contributed by atoms with Crippen molar-refractivity contribution in [1.29, 1.82) is 0 Å². The Morgan fingerprint density at radius 1 is 1.26 bits per heavy atom. The number of nitrogens with one attached hydrogen (secondary N) is 3. The molecule has 1 rings (SSSR count). The van der Waals surface area contributed by atoms with Gasteiger partial charge in [0, 0.05) is 18.7 Å². The van der Waals surface area contributed by atoms with Gasteiger partial charge in [-0.2, -0.15) is 11.8 Å². The zero-order valence-corrected chi connectivity index (χ0v) is 15.5. The number of benzene rings is 1. The van der Waals surface area contributed by atoms with Gasteiger partial charge in [0.1, 0.15) is 6.04 Å². The van der Waals surface area contributed by atoms with E-state index in [0.29, 0.717) is 25.1 Å². The molecule has 0 bridgehead atoms. The van der Waals surface area contributed by atoms with Gasteiger partial charge in [-0.15, -0.1) is 12.4 Å². The van der Waals surface area contributed by atoms with Crippen LogP contribution in [-0.4, -0.2) is 50.0 Å². The minimum Gasteiger partial charge on any atom is -0.353 e. The molecule has 130 valence electrons. The zero-order chi connectivity index (χ0) is 16.4. The largest absolute Gasteiger partial charge is 0.353 e. The van der Waals surface area contributed by atoms with Crippen molar-refractivity contribution in [3.63, 3.8) is 0 Å². The number of carbonyl (C=O) groups is 2. The zero-order valence-electron chi connectivity index (χ0n) is 13.8. The van der Waals surface area contributed by atoms with Gasteiger partial charge in [-0.3, -0.25) is 9.59 Å². The predicted octanol–water partition coefficient (Wildman–Crippen LogP) is 1.60. The van der Waals surface area contributed by atoms with Crippen LogP contribution in [0.5, 0.6) is 0 Å². The van der Waals surface area contributed by atoms with E-state index in [-0.39, 0.29) is 24.2 Å². The number of carbonyl (C=O) groups excluding carboxylic acids is 2. The molecular formula is C16H26ClN3O2S. The molecule has 0 heterocycles. The molecule has 23 heavy (non-hydrogen) atoms. The average molecular weight is 360 g/mol. The molecule has 1 unspecified atom stereocenters. The minimum absolute atomic E-state index is 0. The van der Waals surface area contributed by atoms with Crippen LogP contribution >= 0.6 is 24.2 Å². The molecule has 1 atom stereocenters. The molecule has 0 aromatic heterocycles. The molecule has 1 aromatic rings. The fraction of sp³-hybridized carbons (Fsp3) is 0.500. The first-order chi connectivity index (χ1) is 10.6. The summed E-state index contributed by atoms with van der Waals surface area (Å²) in [6, 6.07) is 6.85. The van der Waals surface area contributed by atoms with Crippen molar-refractivity contribution >= 4 is 36.0 Å². The molecule has 0 aliphatic heterocycles. The Kier molecular flexibility index (Phi) is 11.6. The normalized spacial score (nSPS) is 11.3. The second kappa shape index (κ2) is 12.2. The standard InChI is InChI=1S/C16H25N3O2S.ClH/c1-12-5-4-6-13(11-12)15(20)19-14(7-10-22-3)16(21)18-9-8-17-2;/h4-6,11,14,17H,7-10H2,1-3H3,(H,18,21)(H,19,20);1H. The molecule has 3 N–H and O–H groups in total. The maximum Gasteiger partial charge on any atom is 0.251 e. The van der Waals surface area contributed by atoms with Crippen LogP contribution in [0.4, 0.5) is 0 Å². The van der Waals surface area contributed by atoms with Gasteiger partial charge >= 0.3 is 0 Å². The molecule has 0 fully saturated rings. The molecule has 7 heteroatoms. The first kappa shape index (κ1) is 21.8. The lowest BCUT2D eigenvalue weighted by molar-refractivity contribution is -0.122. The van der Waals surface area contributed by atoms with Crippen molar-refractivity contribution < 1.29 is 9.59 Å². The Balaban J connectivity index is 0.00000484. The third kappa shape index (κ3) is 8.25. The van der Waals surface area contributed by atoms with Crippen molar-refractivity contribution in [2.45, 2.75) is 19.4 Å². The first-order valence-electron chi connectivity index (χ1n) is 7.37. The molecule has 0 saturated carbocycles. The summed E-state index contributed by atoms with van der Waals surface area (Å²) < 4.78 is 0. The number of halogens is 1. The Morgan fingerprint density at radius 3 is 2.61 bits per heavy atom. The monoisotopic (exact) mass is 359 g/mol. The fourth-order valence-electron chi connectivity index (χ4n) is 1.97. The number of thioether (sulfide) groups is 1. The van der Waals surface area contributed by atoms with E-state index in [0.717, 1.165) is 11.3 Å². The van der Waals surface area contributed by atoms with Crippen LogP contribution in [0.25, 0.3) is 0 Å². The topological polar surface area (TPSA) is 70.2 Å². The van der Waals surface area contributed by atoms with Crippen LogP contribution < -0.4 is 16.0 Å². The minimum atomic E-state index is -0.502. The summed E-state index contributed by atoms with van der Waals surface area (Å²) in [7, 11) is 1.83. The third-order valence-electron chi connectivity index (χ3n) is 3.19. The van der Waals surface area contributed by atoms with E-state index in [1.807, 2.05) is 38.4 Å². The van der Waals surface area contributed by atoms with Gasteiger partial charge in [0.2, 0.25) is 5.91 Å². The average Bonchev–Trinajstić information content (AvgIpc) is 2.51. The summed E-state index contributed by atoms with van der Waals surface area (Å²) in [4.78, 5) is 24.5. The highest BCUT2D eigenvalue weighted by Gasteiger charge is 2.20. The van der Waals surface area contributed by atoms with Crippen molar-refractivity contribution in [2.24, 2.45) is 0 Å². The van der Waals surface area contributed by atoms with E-state index >= 15 is 0 Å². The lowest BCUT2D eigenvalue weighted by Crippen LogP contribution is -2.48. The molecule has 0 saturated heterocycles. The highest BCUT2D eigenvalue weighted by molar-refractivity contribution is 7.98. The second-order valence-corrected chi connectivity index (χ2v) is 6.06. The maximum absolute atomic E-state index is 12.3. The third-order valence-corrected chi connectivity index (χ3v) is 3.83. The summed E-state index contributed by atoms with van der Waals surface area (Å²) in [5.41, 5.74) is 1.60. The molecule has 5 nitrogen and oxygen atoms in total. The number of aryl methyl sites for hydroxylation is 1. The fourth-order valence-corrected chi connectivity index (χ4v) is 2.44. The van der Waals surface area contributed by atoms with Gasteiger partial charge in [-0.1, -0.05) is 17.7 Å². The molecule has 0 aliphatic carbocycles. The van der Waals surface area contributed by atoms with E-state index in [1.54, 1.807) is 17.8 Å². The summed E-state index contributed by atoms with van der Waals surface area (Å²) >= 11 is 1.66. The summed E-state index contributed by atoms with van der Waals surface area (Å²) in [6.45, 7) is 3.19. The van der Waals surface area contributed by atoms with E-state index in [4.69, 9.17) is 0 Å². The van der Waals surface area contributed by atoms with Crippen molar-refractivity contribution in [3.05, 3.63) is 35.4 Å². The van der Waals surface area contributed by atoms with Gasteiger partial charge in [0.15, 0.2) is 0 Å². The lowest BCUT2D eigenvalue weighted by Gasteiger charge is -2.18. The molecule has 0 radical (unpaired) electrons. The Bertz CT molecular complexity index is 500. The van der Waals surface area contributed by atoms with E-state index in [2.05, 4.69) is 16.0 Å². The van der Waals surface area contributed by atoms with Crippen molar-refractivity contribution in [1.82, 2.24) is 16.0 Å². The van der Waals surface area contributed by atoms with Gasteiger partial charge in [0.05, 0.1) is 0 Å². The first-order valence-corrected chi connectivity index (χ1v) is 8.76. The van der Waals surface area contributed by atoms with Crippen LogP contribution in [-0.2, 0) is 4.79 Å². The second-order valence-electron chi connectivity index (χ2n) is 5.07. The highest BCUT2D eigenvalue weighted by Crippen LogP contribution is 2.06.